The number of anilines is 2. The van der Waals surface area contributed by atoms with E-state index in [9.17, 15) is 0 Å². The van der Waals surface area contributed by atoms with Crippen molar-refractivity contribution in [1.29, 1.82) is 0 Å². The number of benzene rings is 1. The molecule has 2 aromatic rings. The van der Waals surface area contributed by atoms with Crippen LogP contribution in [0.2, 0.25) is 0 Å². The summed E-state index contributed by atoms with van der Waals surface area (Å²) in [4.78, 5) is 0. The first kappa shape index (κ1) is 14.2. The van der Waals surface area contributed by atoms with Crippen molar-refractivity contribution in [2.45, 2.75) is 19.8 Å². The van der Waals surface area contributed by atoms with E-state index in [1.165, 1.54) is 0 Å². The van der Waals surface area contributed by atoms with E-state index in [2.05, 4.69) is 17.3 Å². The number of nitrogen functional groups attached to an aromatic ring is 1. The summed E-state index contributed by atoms with van der Waals surface area (Å²) in [6, 6.07) is 9.83. The van der Waals surface area contributed by atoms with Crippen molar-refractivity contribution in [2.75, 3.05) is 24.2 Å². The first-order valence-corrected chi connectivity index (χ1v) is 6.95. The second-order valence-electron chi connectivity index (χ2n) is 4.63. The van der Waals surface area contributed by atoms with Crippen LogP contribution in [0.1, 0.15) is 19.0 Å². The number of nitrogens with two attached hydrogens (primary N) is 1. The summed E-state index contributed by atoms with van der Waals surface area (Å²) >= 11 is 0. The fourth-order valence-electron chi connectivity index (χ4n) is 2.05. The van der Waals surface area contributed by atoms with Crippen LogP contribution in [-0.2, 0) is 13.5 Å². The van der Waals surface area contributed by atoms with Gasteiger partial charge in [-0.2, -0.15) is 5.10 Å². The van der Waals surface area contributed by atoms with Gasteiger partial charge in [0.2, 0.25) is 0 Å². The Kier molecular flexibility index (Phi) is 4.87. The van der Waals surface area contributed by atoms with Gasteiger partial charge in [-0.25, -0.2) is 0 Å². The smallest absolute Gasteiger partial charge is 0.147 e. The molecule has 0 amide bonds. The van der Waals surface area contributed by atoms with Gasteiger partial charge >= 0.3 is 0 Å². The summed E-state index contributed by atoms with van der Waals surface area (Å²) in [5.74, 6) is 1.79. The predicted molar refractivity (Wildman–Crippen MR) is 82.0 cm³/mol. The first-order chi connectivity index (χ1) is 9.72. The van der Waals surface area contributed by atoms with Crippen LogP contribution in [-0.4, -0.2) is 22.9 Å². The predicted octanol–water partition coefficient (Wildman–Crippen LogP) is 2.45. The minimum atomic E-state index is 0.676. The average molecular weight is 274 g/mol. The third-order valence-corrected chi connectivity index (χ3v) is 3.12. The number of rotatable bonds is 7. The third kappa shape index (κ3) is 3.44. The van der Waals surface area contributed by atoms with Crippen molar-refractivity contribution >= 4 is 11.5 Å². The van der Waals surface area contributed by atoms with Crippen LogP contribution in [0.3, 0.4) is 0 Å². The molecule has 0 atom stereocenters. The zero-order chi connectivity index (χ0) is 14.4. The molecule has 0 saturated heterocycles. The molecule has 0 unspecified atom stereocenters. The number of para-hydroxylation sites is 1. The van der Waals surface area contributed by atoms with Crippen LogP contribution in [0.4, 0.5) is 11.5 Å². The van der Waals surface area contributed by atoms with Crippen molar-refractivity contribution in [2.24, 2.45) is 7.05 Å². The summed E-state index contributed by atoms with van der Waals surface area (Å²) in [7, 11) is 1.90. The largest absolute Gasteiger partial charge is 0.494 e. The number of aromatic nitrogens is 2. The lowest BCUT2D eigenvalue weighted by Gasteiger charge is -2.09. The number of hydrogen-bond acceptors (Lipinski definition) is 4. The van der Waals surface area contributed by atoms with Crippen LogP contribution >= 0.6 is 0 Å². The minimum absolute atomic E-state index is 0.676. The van der Waals surface area contributed by atoms with Crippen molar-refractivity contribution in [1.82, 2.24) is 9.78 Å². The Morgan fingerprint density at radius 3 is 2.70 bits per heavy atom. The van der Waals surface area contributed by atoms with E-state index in [1.807, 2.05) is 37.4 Å². The van der Waals surface area contributed by atoms with Crippen molar-refractivity contribution in [3.8, 4) is 5.75 Å². The summed E-state index contributed by atoms with van der Waals surface area (Å²) in [5.41, 5.74) is 7.73. The highest BCUT2D eigenvalue weighted by Crippen LogP contribution is 2.21. The topological polar surface area (TPSA) is 65.1 Å². The maximum atomic E-state index is 6.04. The zero-order valence-corrected chi connectivity index (χ0v) is 12.1. The Balaban J connectivity index is 1.75. The number of ether oxygens (including phenoxy) is 1. The Morgan fingerprint density at radius 1 is 1.30 bits per heavy atom. The SMILES string of the molecule is CCc1nn(C)c(NCCCOc2ccccc2)c1N. The van der Waals surface area contributed by atoms with E-state index in [4.69, 9.17) is 10.5 Å². The quantitative estimate of drug-likeness (QED) is 0.761. The minimum Gasteiger partial charge on any atom is -0.494 e. The fourth-order valence-corrected chi connectivity index (χ4v) is 2.05. The molecule has 0 spiro atoms. The maximum absolute atomic E-state index is 6.04. The van der Waals surface area contributed by atoms with Crippen molar-refractivity contribution in [3.05, 3.63) is 36.0 Å². The van der Waals surface area contributed by atoms with E-state index < -0.39 is 0 Å². The number of aryl methyl sites for hydroxylation is 2. The van der Waals surface area contributed by atoms with Gasteiger partial charge in [-0.15, -0.1) is 0 Å². The van der Waals surface area contributed by atoms with Crippen LogP contribution in [0, 0.1) is 0 Å². The van der Waals surface area contributed by atoms with Crippen LogP contribution in [0.5, 0.6) is 5.75 Å². The lowest BCUT2D eigenvalue weighted by atomic mass is 10.3. The monoisotopic (exact) mass is 274 g/mol. The molecule has 0 saturated carbocycles. The molecule has 0 aliphatic rings. The van der Waals surface area contributed by atoms with Gasteiger partial charge in [0.15, 0.2) is 0 Å². The molecule has 2 rings (SSSR count). The number of nitrogens with zero attached hydrogens (tertiary/aromatic N) is 2. The van der Waals surface area contributed by atoms with E-state index in [-0.39, 0.29) is 0 Å². The lowest BCUT2D eigenvalue weighted by Crippen LogP contribution is -2.11. The van der Waals surface area contributed by atoms with Gasteiger partial charge in [0.05, 0.1) is 18.0 Å². The van der Waals surface area contributed by atoms with Crippen LogP contribution in [0.15, 0.2) is 30.3 Å². The summed E-state index contributed by atoms with van der Waals surface area (Å²) in [6.45, 7) is 3.53. The fraction of sp³-hybridized carbons (Fsp3) is 0.400. The Morgan fingerprint density at radius 2 is 2.05 bits per heavy atom. The highest BCUT2D eigenvalue weighted by atomic mass is 16.5. The summed E-state index contributed by atoms with van der Waals surface area (Å²) in [6.07, 6.45) is 1.75. The van der Waals surface area contributed by atoms with Gasteiger partial charge in [0.25, 0.3) is 0 Å². The standard InChI is InChI=1S/C15H22N4O/c1-3-13-14(16)15(19(2)18-13)17-10-7-11-20-12-8-5-4-6-9-12/h4-6,8-9,17H,3,7,10-11,16H2,1-2H3. The highest BCUT2D eigenvalue weighted by molar-refractivity contribution is 5.64. The molecule has 5 heteroatoms. The van der Waals surface area contributed by atoms with Crippen LogP contribution in [0.25, 0.3) is 0 Å². The molecule has 0 radical (unpaired) electrons. The molecule has 0 aliphatic heterocycles. The molecule has 3 N–H and O–H groups in total. The normalized spacial score (nSPS) is 10.5. The van der Waals surface area contributed by atoms with Gasteiger partial charge in [-0.05, 0) is 25.0 Å². The van der Waals surface area contributed by atoms with E-state index in [0.29, 0.717) is 6.61 Å². The Bertz CT molecular complexity index is 536. The molecule has 0 aliphatic carbocycles. The lowest BCUT2D eigenvalue weighted by molar-refractivity contribution is 0.315. The molecule has 1 aromatic heterocycles. The van der Waals surface area contributed by atoms with E-state index >= 15 is 0 Å². The van der Waals surface area contributed by atoms with Gasteiger partial charge in [0, 0.05) is 13.6 Å². The van der Waals surface area contributed by atoms with E-state index in [1.54, 1.807) is 4.68 Å². The van der Waals surface area contributed by atoms with E-state index in [0.717, 1.165) is 42.3 Å². The Hall–Kier alpha value is -2.17. The van der Waals surface area contributed by atoms with Crippen molar-refractivity contribution in [3.63, 3.8) is 0 Å². The molecule has 1 aromatic carbocycles. The molecule has 0 bridgehead atoms. The molecule has 20 heavy (non-hydrogen) atoms. The molecule has 5 nitrogen and oxygen atoms in total. The maximum Gasteiger partial charge on any atom is 0.147 e. The summed E-state index contributed by atoms with van der Waals surface area (Å²) in [5, 5.41) is 7.69. The average Bonchev–Trinajstić information content (AvgIpc) is 2.75. The first-order valence-electron chi connectivity index (χ1n) is 6.95. The molecule has 108 valence electrons. The van der Waals surface area contributed by atoms with Crippen LogP contribution < -0.4 is 15.8 Å². The van der Waals surface area contributed by atoms with Gasteiger partial charge < -0.3 is 15.8 Å². The number of nitrogens with one attached hydrogen (secondary N) is 1. The third-order valence-electron chi connectivity index (χ3n) is 3.12. The zero-order valence-electron chi connectivity index (χ0n) is 12.1. The Labute approximate surface area is 119 Å². The van der Waals surface area contributed by atoms with Crippen molar-refractivity contribution < 1.29 is 4.74 Å². The molecule has 0 fully saturated rings. The molecule has 1 heterocycles. The molecular weight excluding hydrogens is 252 g/mol. The molecular formula is C15H22N4O. The number of hydrogen-bond donors (Lipinski definition) is 2. The van der Waals surface area contributed by atoms with Gasteiger partial charge in [-0.3, -0.25) is 4.68 Å². The van der Waals surface area contributed by atoms with Gasteiger partial charge in [0.1, 0.15) is 11.6 Å². The highest BCUT2D eigenvalue weighted by Gasteiger charge is 2.10. The second kappa shape index (κ2) is 6.84. The second-order valence-corrected chi connectivity index (χ2v) is 4.63. The van der Waals surface area contributed by atoms with Gasteiger partial charge in [-0.1, -0.05) is 25.1 Å². The summed E-state index contributed by atoms with van der Waals surface area (Å²) < 4.78 is 7.43.